The Bertz CT molecular complexity index is 698. The Kier molecular flexibility index (Phi) is 10.1. The molecule has 8 nitrogen and oxygen atoms in total. The highest BCUT2D eigenvalue weighted by molar-refractivity contribution is 14.0. The third-order valence-electron chi connectivity index (χ3n) is 5.97. The topological polar surface area (TPSA) is 76.1 Å². The largest absolute Gasteiger partial charge is 0.359 e. The van der Waals surface area contributed by atoms with E-state index in [9.17, 15) is 4.79 Å². The molecule has 0 aliphatic carbocycles. The molecule has 1 aromatic heterocycles. The molecule has 30 heavy (non-hydrogen) atoms. The molecule has 0 aromatic carbocycles. The maximum atomic E-state index is 11.6. The minimum atomic E-state index is 0. The molecule has 0 unspecified atom stereocenters. The summed E-state index contributed by atoms with van der Waals surface area (Å²) >= 11 is 0. The molecule has 2 fully saturated rings. The SMILES string of the molecule is CN=C(NCc1ccnc(N2CCN(C)CC2)c1)N1CCC(CC(=O)NC)CC1.I. The van der Waals surface area contributed by atoms with Crippen molar-refractivity contribution < 1.29 is 4.79 Å². The molecule has 3 rings (SSSR count). The number of piperidine rings is 1. The average Bonchev–Trinajstić information content (AvgIpc) is 2.76. The zero-order chi connectivity index (χ0) is 20.6. The van der Waals surface area contributed by atoms with Crippen molar-refractivity contribution in [2.75, 3.05) is 65.3 Å². The number of carbonyl (C=O) groups excluding carboxylic acids is 1. The van der Waals surface area contributed by atoms with E-state index >= 15 is 0 Å². The number of likely N-dealkylation sites (tertiary alicyclic amines) is 1. The lowest BCUT2D eigenvalue weighted by atomic mass is 9.93. The number of anilines is 1. The monoisotopic (exact) mass is 529 g/mol. The molecule has 0 saturated carbocycles. The van der Waals surface area contributed by atoms with Crippen molar-refractivity contribution in [2.45, 2.75) is 25.8 Å². The fourth-order valence-corrected chi connectivity index (χ4v) is 4.01. The lowest BCUT2D eigenvalue weighted by Crippen LogP contribution is -2.46. The normalized spacial score (nSPS) is 18.7. The summed E-state index contributed by atoms with van der Waals surface area (Å²) in [5, 5.41) is 6.23. The van der Waals surface area contributed by atoms with Crippen LogP contribution in [0.5, 0.6) is 0 Å². The molecule has 2 aliphatic heterocycles. The summed E-state index contributed by atoms with van der Waals surface area (Å²) in [4.78, 5) is 27.6. The van der Waals surface area contributed by atoms with Gasteiger partial charge in [0.1, 0.15) is 5.82 Å². The van der Waals surface area contributed by atoms with Gasteiger partial charge < -0.3 is 25.3 Å². The lowest BCUT2D eigenvalue weighted by molar-refractivity contribution is -0.121. The summed E-state index contributed by atoms with van der Waals surface area (Å²) in [7, 11) is 5.71. The van der Waals surface area contributed by atoms with Gasteiger partial charge in [-0.1, -0.05) is 0 Å². The van der Waals surface area contributed by atoms with Crippen molar-refractivity contribution >= 4 is 41.7 Å². The van der Waals surface area contributed by atoms with Gasteiger partial charge in [-0.2, -0.15) is 0 Å². The third kappa shape index (κ3) is 6.97. The minimum Gasteiger partial charge on any atom is -0.359 e. The smallest absolute Gasteiger partial charge is 0.220 e. The number of carbonyl (C=O) groups is 1. The van der Waals surface area contributed by atoms with Gasteiger partial charge in [-0.3, -0.25) is 9.79 Å². The molecule has 2 aliphatic rings. The molecule has 1 amide bonds. The first-order chi connectivity index (χ1) is 14.1. The fourth-order valence-electron chi connectivity index (χ4n) is 4.01. The predicted molar refractivity (Wildman–Crippen MR) is 133 cm³/mol. The van der Waals surface area contributed by atoms with Crippen molar-refractivity contribution in [1.82, 2.24) is 25.4 Å². The standard InChI is InChI=1S/C21H35N7O.HI/c1-22-20(29)15-17-5-8-28(9-6-17)21(23-2)25-16-18-4-7-24-19(14-18)27-12-10-26(3)11-13-27;/h4,7,14,17H,5-6,8-13,15-16H2,1-3H3,(H,22,29)(H,23,25);1H. The van der Waals surface area contributed by atoms with Gasteiger partial charge in [0.25, 0.3) is 0 Å². The number of halogens is 1. The number of amides is 1. The number of likely N-dealkylation sites (N-methyl/N-ethyl adjacent to an activating group) is 1. The lowest BCUT2D eigenvalue weighted by Gasteiger charge is -2.34. The quantitative estimate of drug-likeness (QED) is 0.341. The first-order valence-electron chi connectivity index (χ1n) is 10.6. The molecular weight excluding hydrogens is 493 g/mol. The maximum Gasteiger partial charge on any atom is 0.220 e. The molecule has 9 heteroatoms. The zero-order valence-corrected chi connectivity index (χ0v) is 20.8. The van der Waals surface area contributed by atoms with Gasteiger partial charge in [0.05, 0.1) is 0 Å². The number of hydrogen-bond donors (Lipinski definition) is 2. The van der Waals surface area contributed by atoms with Crippen LogP contribution in [0.4, 0.5) is 5.82 Å². The Morgan fingerprint density at radius 3 is 2.53 bits per heavy atom. The number of hydrogen-bond acceptors (Lipinski definition) is 5. The Balaban J connectivity index is 0.00000320. The van der Waals surface area contributed by atoms with E-state index in [-0.39, 0.29) is 29.9 Å². The number of aliphatic imine (C=N–C) groups is 1. The number of piperazine rings is 1. The molecule has 2 saturated heterocycles. The number of guanidine groups is 1. The summed E-state index contributed by atoms with van der Waals surface area (Å²) in [5.41, 5.74) is 1.21. The molecule has 3 heterocycles. The van der Waals surface area contributed by atoms with Crippen LogP contribution in [0.1, 0.15) is 24.8 Å². The number of rotatable bonds is 5. The Morgan fingerprint density at radius 2 is 1.90 bits per heavy atom. The Hall–Kier alpha value is -1.62. The molecule has 0 spiro atoms. The highest BCUT2D eigenvalue weighted by Crippen LogP contribution is 2.20. The van der Waals surface area contributed by atoms with Crippen LogP contribution in [-0.2, 0) is 11.3 Å². The molecule has 0 radical (unpaired) electrons. The van der Waals surface area contributed by atoms with Gasteiger partial charge >= 0.3 is 0 Å². The van der Waals surface area contributed by atoms with E-state index in [2.05, 4.69) is 54.5 Å². The highest BCUT2D eigenvalue weighted by Gasteiger charge is 2.23. The summed E-state index contributed by atoms with van der Waals surface area (Å²) in [6, 6.07) is 4.25. The van der Waals surface area contributed by atoms with Gasteiger partial charge in [-0.25, -0.2) is 4.98 Å². The van der Waals surface area contributed by atoms with Gasteiger partial charge in [0.2, 0.25) is 5.91 Å². The molecule has 0 bridgehead atoms. The predicted octanol–water partition coefficient (Wildman–Crippen LogP) is 1.37. The van der Waals surface area contributed by atoms with E-state index in [4.69, 9.17) is 0 Å². The molecular formula is C21H36IN7O. The number of nitrogens with one attached hydrogen (secondary N) is 2. The summed E-state index contributed by atoms with van der Waals surface area (Å²) in [6.45, 7) is 6.79. The second-order valence-electron chi connectivity index (χ2n) is 8.02. The van der Waals surface area contributed by atoms with Crippen molar-refractivity contribution in [1.29, 1.82) is 0 Å². The second kappa shape index (κ2) is 12.3. The van der Waals surface area contributed by atoms with Crippen LogP contribution in [0.2, 0.25) is 0 Å². The van der Waals surface area contributed by atoms with E-state index in [0.29, 0.717) is 12.3 Å². The van der Waals surface area contributed by atoms with Gasteiger partial charge in [0.15, 0.2) is 5.96 Å². The van der Waals surface area contributed by atoms with Crippen molar-refractivity contribution in [2.24, 2.45) is 10.9 Å². The van der Waals surface area contributed by atoms with Crippen molar-refractivity contribution in [3.05, 3.63) is 23.9 Å². The molecule has 0 atom stereocenters. The first kappa shape index (κ1) is 24.6. The zero-order valence-electron chi connectivity index (χ0n) is 18.4. The number of nitrogens with zero attached hydrogens (tertiary/aromatic N) is 5. The highest BCUT2D eigenvalue weighted by atomic mass is 127. The molecule has 1 aromatic rings. The van der Waals surface area contributed by atoms with E-state index in [1.807, 2.05) is 13.2 Å². The molecule has 2 N–H and O–H groups in total. The average molecular weight is 529 g/mol. The maximum absolute atomic E-state index is 11.6. The van der Waals surface area contributed by atoms with Crippen molar-refractivity contribution in [3.63, 3.8) is 0 Å². The fraction of sp³-hybridized carbons (Fsp3) is 0.667. The van der Waals surface area contributed by atoms with Gasteiger partial charge in [-0.15, -0.1) is 24.0 Å². The van der Waals surface area contributed by atoms with Crippen LogP contribution in [0.3, 0.4) is 0 Å². The van der Waals surface area contributed by atoms with Crippen LogP contribution in [0, 0.1) is 5.92 Å². The van der Waals surface area contributed by atoms with E-state index in [0.717, 1.165) is 70.4 Å². The summed E-state index contributed by atoms with van der Waals surface area (Å²) < 4.78 is 0. The van der Waals surface area contributed by atoms with E-state index in [1.165, 1.54) is 5.56 Å². The van der Waals surface area contributed by atoms with E-state index < -0.39 is 0 Å². The number of pyridine rings is 1. The van der Waals surface area contributed by atoms with E-state index in [1.54, 1.807) is 7.05 Å². The second-order valence-corrected chi connectivity index (χ2v) is 8.02. The van der Waals surface area contributed by atoms with Gasteiger partial charge in [0, 0.05) is 72.5 Å². The van der Waals surface area contributed by atoms with Crippen LogP contribution in [0.25, 0.3) is 0 Å². The Morgan fingerprint density at radius 1 is 1.20 bits per heavy atom. The van der Waals surface area contributed by atoms with Crippen LogP contribution < -0.4 is 15.5 Å². The summed E-state index contributed by atoms with van der Waals surface area (Å²) in [6.07, 6.45) is 4.58. The van der Waals surface area contributed by atoms with Crippen LogP contribution >= 0.6 is 24.0 Å². The first-order valence-corrected chi connectivity index (χ1v) is 10.6. The minimum absolute atomic E-state index is 0. The number of aromatic nitrogens is 1. The summed E-state index contributed by atoms with van der Waals surface area (Å²) in [5.74, 6) is 2.60. The van der Waals surface area contributed by atoms with Crippen LogP contribution in [0.15, 0.2) is 23.3 Å². The van der Waals surface area contributed by atoms with Crippen LogP contribution in [-0.4, -0.2) is 87.1 Å². The van der Waals surface area contributed by atoms with Crippen molar-refractivity contribution in [3.8, 4) is 0 Å². The molecule has 168 valence electrons. The third-order valence-corrected chi connectivity index (χ3v) is 5.97. The van der Waals surface area contributed by atoms with Gasteiger partial charge in [-0.05, 0) is 43.5 Å². The Labute approximate surface area is 197 Å².